The molecule has 1 aromatic heterocycles. The summed E-state index contributed by atoms with van der Waals surface area (Å²) >= 11 is 1.38. The lowest BCUT2D eigenvalue weighted by Crippen LogP contribution is -2.06. The number of nitrogens with two attached hydrogens (primary N) is 1. The van der Waals surface area contributed by atoms with E-state index < -0.39 is 0 Å². The van der Waals surface area contributed by atoms with E-state index in [1.54, 1.807) is 6.07 Å². The Kier molecular flexibility index (Phi) is 3.96. The van der Waals surface area contributed by atoms with Crippen molar-refractivity contribution in [2.75, 3.05) is 5.73 Å². The summed E-state index contributed by atoms with van der Waals surface area (Å²) in [7, 11) is 0. The molecule has 2 aromatic carbocycles. The summed E-state index contributed by atoms with van der Waals surface area (Å²) in [6, 6.07) is 12.0. The average Bonchev–Trinajstić information content (AvgIpc) is 2.91. The fraction of sp³-hybridized carbons (Fsp3) is 0.111. The summed E-state index contributed by atoms with van der Waals surface area (Å²) in [5, 5.41) is 9.00. The van der Waals surface area contributed by atoms with Crippen LogP contribution in [0.4, 0.5) is 10.1 Å². The van der Waals surface area contributed by atoms with Gasteiger partial charge in [-0.25, -0.2) is 9.37 Å². The highest BCUT2D eigenvalue weighted by Gasteiger charge is 2.17. The zero-order valence-corrected chi connectivity index (χ0v) is 13.7. The molecule has 0 atom stereocenters. The number of hydrogen-bond acceptors (Lipinski definition) is 4. The van der Waals surface area contributed by atoms with Gasteiger partial charge in [0.1, 0.15) is 10.8 Å². The number of para-hydroxylation sites is 1. The van der Waals surface area contributed by atoms with Gasteiger partial charge in [-0.1, -0.05) is 30.3 Å². The third kappa shape index (κ3) is 2.87. The zero-order chi connectivity index (χ0) is 16.6. The molecule has 3 aromatic rings. The molecule has 0 spiro atoms. The topological polar surface area (TPSA) is 62.8 Å². The van der Waals surface area contributed by atoms with Crippen LogP contribution in [0.2, 0.25) is 0 Å². The van der Waals surface area contributed by atoms with Gasteiger partial charge in [0.2, 0.25) is 0 Å². The van der Waals surface area contributed by atoms with Gasteiger partial charge in [0, 0.05) is 11.3 Å². The SMILES string of the molecule is Cc1cccc(C(=N)c2nc(C)c(-c3cccc(F)c3)s2)c1N. The molecule has 3 rings (SSSR count). The van der Waals surface area contributed by atoms with Crippen LogP contribution < -0.4 is 5.73 Å². The Morgan fingerprint density at radius 1 is 1.17 bits per heavy atom. The lowest BCUT2D eigenvalue weighted by molar-refractivity contribution is 0.628. The van der Waals surface area contributed by atoms with Crippen LogP contribution in [0.15, 0.2) is 42.5 Å². The van der Waals surface area contributed by atoms with Gasteiger partial charge < -0.3 is 5.73 Å². The van der Waals surface area contributed by atoms with Crippen LogP contribution in [0.5, 0.6) is 0 Å². The van der Waals surface area contributed by atoms with E-state index >= 15 is 0 Å². The molecule has 0 aliphatic carbocycles. The Balaban J connectivity index is 2.04. The average molecular weight is 325 g/mol. The minimum atomic E-state index is -0.283. The Morgan fingerprint density at radius 3 is 2.65 bits per heavy atom. The van der Waals surface area contributed by atoms with Crippen molar-refractivity contribution < 1.29 is 4.39 Å². The molecule has 0 saturated carbocycles. The van der Waals surface area contributed by atoms with Crippen LogP contribution in [0, 0.1) is 25.1 Å². The number of rotatable bonds is 3. The third-order valence-electron chi connectivity index (χ3n) is 3.69. The maximum atomic E-state index is 13.4. The van der Waals surface area contributed by atoms with E-state index in [9.17, 15) is 4.39 Å². The molecule has 0 fully saturated rings. The van der Waals surface area contributed by atoms with Crippen molar-refractivity contribution in [2.24, 2.45) is 0 Å². The van der Waals surface area contributed by atoms with Crippen LogP contribution >= 0.6 is 11.3 Å². The molecule has 0 aliphatic rings. The second-order valence-corrected chi connectivity index (χ2v) is 6.35. The number of aromatic nitrogens is 1. The molecule has 3 nitrogen and oxygen atoms in total. The van der Waals surface area contributed by atoms with Crippen molar-refractivity contribution in [3.8, 4) is 10.4 Å². The molecular formula is C18H16FN3S. The molecule has 3 N–H and O–H groups in total. The fourth-order valence-electron chi connectivity index (χ4n) is 2.41. The van der Waals surface area contributed by atoms with E-state index in [0.29, 0.717) is 22.0 Å². The summed E-state index contributed by atoms with van der Waals surface area (Å²) in [5.41, 5.74) is 10.1. The maximum absolute atomic E-state index is 13.4. The van der Waals surface area contributed by atoms with Crippen molar-refractivity contribution in [3.05, 3.63) is 70.1 Å². The van der Waals surface area contributed by atoms with Gasteiger partial charge in [-0.2, -0.15) is 0 Å². The number of aryl methyl sites for hydroxylation is 2. The lowest BCUT2D eigenvalue weighted by atomic mass is 10.0. The summed E-state index contributed by atoms with van der Waals surface area (Å²) in [6.07, 6.45) is 0. The quantitative estimate of drug-likeness (QED) is 0.547. The van der Waals surface area contributed by atoms with Crippen LogP contribution in [-0.2, 0) is 0 Å². The number of nitrogen functional groups attached to an aromatic ring is 1. The minimum absolute atomic E-state index is 0.283. The van der Waals surface area contributed by atoms with Crippen molar-refractivity contribution in [1.29, 1.82) is 5.41 Å². The summed E-state index contributed by atoms with van der Waals surface area (Å²) in [5.74, 6) is -0.283. The van der Waals surface area contributed by atoms with Gasteiger partial charge in [0.05, 0.1) is 16.3 Å². The summed E-state index contributed by atoms with van der Waals surface area (Å²) in [4.78, 5) is 5.35. The smallest absolute Gasteiger partial charge is 0.142 e. The van der Waals surface area contributed by atoms with Crippen LogP contribution in [0.1, 0.15) is 21.8 Å². The van der Waals surface area contributed by atoms with Crippen molar-refractivity contribution in [1.82, 2.24) is 4.98 Å². The first-order valence-electron chi connectivity index (χ1n) is 7.15. The zero-order valence-electron chi connectivity index (χ0n) is 12.9. The Morgan fingerprint density at radius 2 is 1.91 bits per heavy atom. The van der Waals surface area contributed by atoms with Gasteiger partial charge in [0.15, 0.2) is 0 Å². The van der Waals surface area contributed by atoms with E-state index in [-0.39, 0.29) is 5.82 Å². The number of benzene rings is 2. The highest BCUT2D eigenvalue weighted by Crippen LogP contribution is 2.32. The number of anilines is 1. The predicted molar refractivity (Wildman–Crippen MR) is 93.8 cm³/mol. The monoisotopic (exact) mass is 325 g/mol. The van der Waals surface area contributed by atoms with Crippen molar-refractivity contribution >= 4 is 22.7 Å². The first-order chi connectivity index (χ1) is 11.0. The summed E-state index contributed by atoms with van der Waals surface area (Å²) < 4.78 is 13.4. The van der Waals surface area contributed by atoms with Gasteiger partial charge in [-0.05, 0) is 37.1 Å². The fourth-order valence-corrected chi connectivity index (χ4v) is 3.44. The second-order valence-electron chi connectivity index (χ2n) is 5.36. The molecular weight excluding hydrogens is 309 g/mol. The number of hydrogen-bond donors (Lipinski definition) is 2. The Hall–Kier alpha value is -2.53. The molecule has 0 aliphatic heterocycles. The van der Waals surface area contributed by atoms with E-state index in [1.807, 2.05) is 38.1 Å². The molecule has 0 amide bonds. The van der Waals surface area contributed by atoms with E-state index in [2.05, 4.69) is 4.98 Å². The second kappa shape index (κ2) is 5.93. The van der Waals surface area contributed by atoms with Crippen molar-refractivity contribution in [3.63, 3.8) is 0 Å². The third-order valence-corrected chi connectivity index (χ3v) is 4.91. The normalized spacial score (nSPS) is 10.7. The molecule has 116 valence electrons. The van der Waals surface area contributed by atoms with Crippen LogP contribution in [-0.4, -0.2) is 10.7 Å². The predicted octanol–water partition coefficient (Wildman–Crippen LogP) is 4.56. The Bertz CT molecular complexity index is 899. The van der Waals surface area contributed by atoms with Gasteiger partial charge in [-0.15, -0.1) is 11.3 Å². The molecule has 0 unspecified atom stereocenters. The number of halogens is 1. The molecule has 0 bridgehead atoms. The minimum Gasteiger partial charge on any atom is -0.398 e. The molecule has 0 radical (unpaired) electrons. The van der Waals surface area contributed by atoms with Gasteiger partial charge in [0.25, 0.3) is 0 Å². The highest BCUT2D eigenvalue weighted by molar-refractivity contribution is 7.17. The first-order valence-corrected chi connectivity index (χ1v) is 7.96. The Labute approximate surface area is 138 Å². The standard InChI is InChI=1S/C18H16FN3S/c1-10-5-3-8-14(15(10)20)16(21)18-22-11(2)17(23-18)12-6-4-7-13(19)9-12/h3-9,21H,20H2,1-2H3. The largest absolute Gasteiger partial charge is 0.398 e. The van der Waals surface area contributed by atoms with Crippen LogP contribution in [0.3, 0.4) is 0 Å². The number of nitrogens with one attached hydrogen (secondary N) is 1. The van der Waals surface area contributed by atoms with E-state index in [1.165, 1.54) is 23.5 Å². The highest BCUT2D eigenvalue weighted by atomic mass is 32.1. The summed E-state index contributed by atoms with van der Waals surface area (Å²) in [6.45, 7) is 3.78. The maximum Gasteiger partial charge on any atom is 0.142 e. The van der Waals surface area contributed by atoms with Crippen molar-refractivity contribution in [2.45, 2.75) is 13.8 Å². The molecule has 23 heavy (non-hydrogen) atoms. The van der Waals surface area contributed by atoms with E-state index in [0.717, 1.165) is 21.7 Å². The first kappa shape index (κ1) is 15.4. The molecule has 1 heterocycles. The van der Waals surface area contributed by atoms with Crippen LogP contribution in [0.25, 0.3) is 10.4 Å². The van der Waals surface area contributed by atoms with Gasteiger partial charge in [-0.3, -0.25) is 5.41 Å². The lowest BCUT2D eigenvalue weighted by Gasteiger charge is -2.07. The molecule has 0 saturated heterocycles. The molecule has 5 heteroatoms. The number of nitrogens with zero attached hydrogens (tertiary/aromatic N) is 1. The van der Waals surface area contributed by atoms with Gasteiger partial charge >= 0.3 is 0 Å². The van der Waals surface area contributed by atoms with E-state index in [4.69, 9.17) is 11.1 Å². The number of thiazole rings is 1.